The number of piperidine rings is 3. The van der Waals surface area contributed by atoms with Crippen molar-refractivity contribution in [1.82, 2.24) is 20.2 Å². The first-order valence-corrected chi connectivity index (χ1v) is 7.80. The Balaban J connectivity index is 1.47. The Kier molecular flexibility index (Phi) is 3.57. The summed E-state index contributed by atoms with van der Waals surface area (Å²) in [5.41, 5.74) is 0.319. The van der Waals surface area contributed by atoms with Crippen molar-refractivity contribution in [3.05, 3.63) is 36.2 Å². The third kappa shape index (κ3) is 2.84. The topological polar surface area (TPSA) is 71.3 Å². The second-order valence-corrected chi connectivity index (χ2v) is 6.11. The second-order valence-electron chi connectivity index (χ2n) is 6.11. The van der Waals surface area contributed by atoms with Gasteiger partial charge in [-0.1, -0.05) is 0 Å². The van der Waals surface area contributed by atoms with Gasteiger partial charge < -0.3 is 14.6 Å². The molecule has 1 atom stereocenters. The van der Waals surface area contributed by atoms with Crippen molar-refractivity contribution in [2.45, 2.75) is 18.9 Å². The van der Waals surface area contributed by atoms with Crippen molar-refractivity contribution in [1.29, 1.82) is 0 Å². The minimum Gasteiger partial charge on any atom is -0.431 e. The number of nitrogens with one attached hydrogen (secondary N) is 1. The molecule has 120 valence electrons. The highest BCUT2D eigenvalue weighted by Gasteiger charge is 2.35. The van der Waals surface area contributed by atoms with Crippen LogP contribution in [0.1, 0.15) is 23.5 Å². The first-order valence-electron chi connectivity index (χ1n) is 7.80. The van der Waals surface area contributed by atoms with Crippen LogP contribution in [0.25, 0.3) is 11.5 Å². The van der Waals surface area contributed by atoms with Crippen LogP contribution in [-0.4, -0.2) is 46.5 Å². The van der Waals surface area contributed by atoms with Crippen LogP contribution in [0.15, 0.2) is 28.9 Å². The third-order valence-electron chi connectivity index (χ3n) is 4.65. The van der Waals surface area contributed by atoms with E-state index in [4.69, 9.17) is 4.42 Å². The van der Waals surface area contributed by atoms with E-state index in [0.717, 1.165) is 32.5 Å². The Morgan fingerprint density at radius 1 is 1.35 bits per heavy atom. The summed E-state index contributed by atoms with van der Waals surface area (Å²) in [5, 5.41) is 3.01. The number of oxazole rings is 1. The number of halogens is 1. The Hall–Kier alpha value is -2.28. The van der Waals surface area contributed by atoms with E-state index in [1.807, 2.05) is 0 Å². The lowest BCUT2D eigenvalue weighted by molar-refractivity contribution is 0.0602. The molecule has 0 aliphatic carbocycles. The number of nitrogens with zero attached hydrogens (tertiary/aromatic N) is 3. The molecule has 6 nitrogen and oxygen atoms in total. The lowest BCUT2D eigenvalue weighted by Gasteiger charge is -2.44. The summed E-state index contributed by atoms with van der Waals surface area (Å²) >= 11 is 0. The summed E-state index contributed by atoms with van der Waals surface area (Å²) < 4.78 is 18.7. The van der Waals surface area contributed by atoms with Gasteiger partial charge in [0, 0.05) is 24.8 Å². The number of pyridine rings is 1. The maximum absolute atomic E-state index is 13.2. The Bertz CT molecular complexity index is 724. The van der Waals surface area contributed by atoms with Gasteiger partial charge in [-0.25, -0.2) is 9.37 Å². The summed E-state index contributed by atoms with van der Waals surface area (Å²) in [6, 6.07) is 2.64. The molecule has 0 aromatic carbocycles. The average molecular weight is 316 g/mol. The van der Waals surface area contributed by atoms with Gasteiger partial charge in [-0.2, -0.15) is 0 Å². The molecule has 1 N–H and O–H groups in total. The minimum absolute atomic E-state index is 0.0116. The number of fused-ring (bicyclic) bond motifs is 3. The van der Waals surface area contributed by atoms with Gasteiger partial charge in [0.1, 0.15) is 11.5 Å². The molecule has 0 spiro atoms. The monoisotopic (exact) mass is 316 g/mol. The summed E-state index contributed by atoms with van der Waals surface area (Å²) in [4.78, 5) is 22.7. The van der Waals surface area contributed by atoms with Crippen molar-refractivity contribution < 1.29 is 13.6 Å². The van der Waals surface area contributed by atoms with E-state index in [1.54, 1.807) is 0 Å². The summed E-state index contributed by atoms with van der Waals surface area (Å²) in [6.45, 7) is 3.12. The van der Waals surface area contributed by atoms with Crippen LogP contribution < -0.4 is 5.32 Å². The van der Waals surface area contributed by atoms with Crippen LogP contribution in [0, 0.1) is 11.7 Å². The first kappa shape index (κ1) is 14.3. The number of aromatic nitrogens is 2. The van der Waals surface area contributed by atoms with Crippen molar-refractivity contribution in [2.24, 2.45) is 5.92 Å². The zero-order valence-electron chi connectivity index (χ0n) is 12.5. The van der Waals surface area contributed by atoms with Crippen LogP contribution in [0.3, 0.4) is 0 Å². The maximum Gasteiger partial charge on any atom is 0.307 e. The molecule has 3 aliphatic heterocycles. The predicted molar refractivity (Wildman–Crippen MR) is 80.1 cm³/mol. The molecule has 7 heteroatoms. The summed E-state index contributed by atoms with van der Waals surface area (Å²) in [7, 11) is 0. The normalized spacial score (nSPS) is 26.2. The quantitative estimate of drug-likeness (QED) is 0.933. The molecule has 1 unspecified atom stereocenters. The molecule has 5 heterocycles. The Labute approximate surface area is 132 Å². The molecule has 3 aliphatic rings. The fourth-order valence-corrected chi connectivity index (χ4v) is 3.40. The van der Waals surface area contributed by atoms with Crippen LogP contribution in [-0.2, 0) is 0 Å². The molecule has 0 saturated carbocycles. The van der Waals surface area contributed by atoms with Gasteiger partial charge in [0.05, 0.1) is 6.20 Å². The lowest BCUT2D eigenvalue weighted by Crippen LogP contribution is -2.57. The molecule has 3 saturated heterocycles. The number of hydrogen-bond acceptors (Lipinski definition) is 5. The highest BCUT2D eigenvalue weighted by atomic mass is 19.1. The van der Waals surface area contributed by atoms with Crippen LogP contribution >= 0.6 is 0 Å². The van der Waals surface area contributed by atoms with Gasteiger partial charge in [-0.05, 0) is 37.9 Å². The van der Waals surface area contributed by atoms with E-state index in [0.29, 0.717) is 11.6 Å². The molecular weight excluding hydrogens is 299 g/mol. The number of hydrogen-bond donors (Lipinski definition) is 1. The summed E-state index contributed by atoms with van der Waals surface area (Å²) in [6.07, 6.45) is 4.98. The van der Waals surface area contributed by atoms with Crippen LogP contribution in [0.4, 0.5) is 4.39 Å². The molecule has 2 aromatic rings. The van der Waals surface area contributed by atoms with E-state index < -0.39 is 5.82 Å². The number of amides is 1. The largest absolute Gasteiger partial charge is 0.431 e. The zero-order chi connectivity index (χ0) is 15.8. The Morgan fingerprint density at radius 2 is 2.17 bits per heavy atom. The van der Waals surface area contributed by atoms with E-state index >= 15 is 0 Å². The van der Waals surface area contributed by atoms with E-state index in [9.17, 15) is 9.18 Å². The van der Waals surface area contributed by atoms with Gasteiger partial charge in [0.2, 0.25) is 0 Å². The molecule has 3 fully saturated rings. The Morgan fingerprint density at radius 3 is 2.87 bits per heavy atom. The summed E-state index contributed by atoms with van der Waals surface area (Å²) in [5.74, 6) is 0.0606. The van der Waals surface area contributed by atoms with Gasteiger partial charge in [0.15, 0.2) is 5.76 Å². The number of rotatable bonds is 3. The lowest BCUT2D eigenvalue weighted by atomic mass is 9.84. The molecule has 0 radical (unpaired) electrons. The first-order chi connectivity index (χ1) is 11.2. The van der Waals surface area contributed by atoms with Gasteiger partial charge in [-0.15, -0.1) is 0 Å². The fraction of sp³-hybridized carbons (Fsp3) is 0.438. The number of carbonyl (C=O) groups is 1. The average Bonchev–Trinajstić information content (AvgIpc) is 3.06. The van der Waals surface area contributed by atoms with Crippen molar-refractivity contribution in [2.75, 3.05) is 19.6 Å². The predicted octanol–water partition coefficient (Wildman–Crippen LogP) is 1.70. The SMILES string of the molecule is O=C(NC1CN2CCC1CC2)c1ncc(-c2cc(F)ccn2)o1. The van der Waals surface area contributed by atoms with Gasteiger partial charge >= 0.3 is 5.91 Å². The van der Waals surface area contributed by atoms with Gasteiger partial charge in [0.25, 0.3) is 5.89 Å². The van der Waals surface area contributed by atoms with Crippen LogP contribution in [0.5, 0.6) is 0 Å². The smallest absolute Gasteiger partial charge is 0.307 e. The van der Waals surface area contributed by atoms with Crippen molar-refractivity contribution >= 4 is 5.91 Å². The zero-order valence-corrected chi connectivity index (χ0v) is 12.5. The minimum atomic E-state index is -0.412. The van der Waals surface area contributed by atoms with E-state index in [-0.39, 0.29) is 23.6 Å². The molecule has 23 heavy (non-hydrogen) atoms. The van der Waals surface area contributed by atoms with Gasteiger partial charge in [-0.3, -0.25) is 9.78 Å². The van der Waals surface area contributed by atoms with Crippen molar-refractivity contribution in [3.63, 3.8) is 0 Å². The fourth-order valence-electron chi connectivity index (χ4n) is 3.40. The molecule has 2 aromatic heterocycles. The maximum atomic E-state index is 13.2. The molecule has 5 rings (SSSR count). The standard InChI is InChI=1S/C16H17FN4O2/c17-11-1-4-18-12(7-11)14-8-19-16(23-14)15(22)20-13-9-21-5-2-10(13)3-6-21/h1,4,7-8,10,13H,2-3,5-6,9H2,(H,20,22). The molecular formula is C16H17FN4O2. The van der Waals surface area contributed by atoms with Crippen LogP contribution in [0.2, 0.25) is 0 Å². The second kappa shape index (κ2) is 5.73. The molecule has 1 amide bonds. The highest BCUT2D eigenvalue weighted by Crippen LogP contribution is 2.27. The van der Waals surface area contributed by atoms with Crippen molar-refractivity contribution in [3.8, 4) is 11.5 Å². The number of carbonyl (C=O) groups excluding carboxylic acids is 1. The van der Waals surface area contributed by atoms with E-state index in [1.165, 1.54) is 24.5 Å². The molecule has 2 bridgehead atoms. The highest BCUT2D eigenvalue weighted by molar-refractivity contribution is 5.90. The third-order valence-corrected chi connectivity index (χ3v) is 4.65. The van der Waals surface area contributed by atoms with E-state index in [2.05, 4.69) is 20.2 Å².